The Morgan fingerprint density at radius 3 is 2.82 bits per heavy atom. The lowest BCUT2D eigenvalue weighted by atomic mass is 10.1. The average molecular weight is 151 g/mol. The van der Waals surface area contributed by atoms with E-state index in [4.69, 9.17) is 10.8 Å². The van der Waals surface area contributed by atoms with Gasteiger partial charge in [0.25, 0.3) is 0 Å². The van der Waals surface area contributed by atoms with Gasteiger partial charge in [-0.2, -0.15) is 0 Å². The van der Waals surface area contributed by atoms with E-state index in [-0.39, 0.29) is 0 Å². The van der Waals surface area contributed by atoms with Crippen LogP contribution in [0.5, 0.6) is 5.75 Å². The Morgan fingerprint density at radius 2 is 2.18 bits per heavy atom. The first kappa shape index (κ1) is 8.08. The largest absolute Gasteiger partial charge is 0.508 e. The van der Waals surface area contributed by atoms with Crippen LogP contribution < -0.4 is 5.73 Å². The van der Waals surface area contributed by atoms with Gasteiger partial charge < -0.3 is 10.8 Å². The van der Waals surface area contributed by atoms with Crippen LogP contribution in [0.25, 0.3) is 0 Å². The molecule has 2 heteroatoms. The molecule has 0 bridgehead atoms. The van der Waals surface area contributed by atoms with Crippen molar-refractivity contribution in [3.63, 3.8) is 0 Å². The maximum atomic E-state index is 9.08. The second-order valence-corrected chi connectivity index (χ2v) is 2.56. The van der Waals surface area contributed by atoms with E-state index in [1.165, 1.54) is 0 Å². The maximum absolute atomic E-state index is 9.08. The molecule has 0 fully saturated rings. The van der Waals surface area contributed by atoms with Gasteiger partial charge in [0.2, 0.25) is 0 Å². The lowest BCUT2D eigenvalue weighted by Gasteiger charge is -1.99. The second-order valence-electron chi connectivity index (χ2n) is 2.56. The number of hydrogen-bond donors (Lipinski definition) is 2. The van der Waals surface area contributed by atoms with Crippen molar-refractivity contribution in [2.75, 3.05) is 6.54 Å². The highest BCUT2D eigenvalue weighted by atomic mass is 16.3. The summed E-state index contributed by atoms with van der Waals surface area (Å²) in [5, 5.41) is 9.08. The highest BCUT2D eigenvalue weighted by Gasteiger charge is 1.92. The Kier molecular flexibility index (Phi) is 2.93. The highest BCUT2D eigenvalue weighted by molar-refractivity contribution is 5.27. The van der Waals surface area contributed by atoms with E-state index in [1.54, 1.807) is 12.1 Å². The molecule has 0 saturated carbocycles. The summed E-state index contributed by atoms with van der Waals surface area (Å²) in [7, 11) is 0. The lowest BCUT2D eigenvalue weighted by molar-refractivity contribution is 0.474. The summed E-state index contributed by atoms with van der Waals surface area (Å²) in [6.45, 7) is 0.704. The molecular formula is C9H13NO. The molecule has 0 radical (unpaired) electrons. The maximum Gasteiger partial charge on any atom is 0.115 e. The van der Waals surface area contributed by atoms with Crippen LogP contribution in [0, 0.1) is 0 Å². The molecule has 0 atom stereocenters. The Balaban J connectivity index is 2.56. The fraction of sp³-hybridized carbons (Fsp3) is 0.333. The monoisotopic (exact) mass is 151 g/mol. The van der Waals surface area contributed by atoms with E-state index in [9.17, 15) is 0 Å². The highest BCUT2D eigenvalue weighted by Crippen LogP contribution is 2.11. The molecular weight excluding hydrogens is 138 g/mol. The van der Waals surface area contributed by atoms with E-state index in [0.717, 1.165) is 18.4 Å². The summed E-state index contributed by atoms with van der Waals surface area (Å²) in [5.41, 5.74) is 6.50. The first-order valence-corrected chi connectivity index (χ1v) is 3.81. The number of rotatable bonds is 3. The third-order valence-corrected chi connectivity index (χ3v) is 1.58. The molecule has 0 aliphatic heterocycles. The number of aromatic hydroxyl groups is 1. The van der Waals surface area contributed by atoms with Crippen LogP contribution in [0.3, 0.4) is 0 Å². The van der Waals surface area contributed by atoms with Crippen LogP contribution in [-0.4, -0.2) is 11.7 Å². The number of hydrogen-bond acceptors (Lipinski definition) is 2. The average Bonchev–Trinajstić information content (AvgIpc) is 2.01. The van der Waals surface area contributed by atoms with Crippen molar-refractivity contribution in [2.45, 2.75) is 12.8 Å². The zero-order chi connectivity index (χ0) is 8.10. The van der Waals surface area contributed by atoms with Gasteiger partial charge in [0.05, 0.1) is 0 Å². The molecule has 60 valence electrons. The zero-order valence-electron chi connectivity index (χ0n) is 6.46. The summed E-state index contributed by atoms with van der Waals surface area (Å²) in [5.74, 6) is 0.333. The van der Waals surface area contributed by atoms with Gasteiger partial charge in [-0.3, -0.25) is 0 Å². The van der Waals surface area contributed by atoms with Crippen molar-refractivity contribution in [1.29, 1.82) is 0 Å². The first-order chi connectivity index (χ1) is 5.33. The van der Waals surface area contributed by atoms with Crippen molar-refractivity contribution in [3.8, 4) is 5.75 Å². The fourth-order valence-electron chi connectivity index (χ4n) is 1.02. The van der Waals surface area contributed by atoms with Crippen LogP contribution in [0.15, 0.2) is 24.3 Å². The molecule has 0 saturated heterocycles. The summed E-state index contributed by atoms with van der Waals surface area (Å²) in [4.78, 5) is 0. The van der Waals surface area contributed by atoms with Crippen molar-refractivity contribution >= 4 is 0 Å². The van der Waals surface area contributed by atoms with Gasteiger partial charge in [0.1, 0.15) is 5.75 Å². The summed E-state index contributed by atoms with van der Waals surface area (Å²) >= 11 is 0. The number of phenols is 1. The molecule has 3 N–H and O–H groups in total. The Hall–Kier alpha value is -1.02. The zero-order valence-corrected chi connectivity index (χ0v) is 6.46. The summed E-state index contributed by atoms with van der Waals surface area (Å²) in [6.07, 6.45) is 1.92. The molecule has 0 amide bonds. The third kappa shape index (κ3) is 2.60. The SMILES string of the molecule is NCCCc1cccc(O)c1. The number of nitrogens with two attached hydrogens (primary N) is 1. The fourth-order valence-corrected chi connectivity index (χ4v) is 1.02. The second kappa shape index (κ2) is 3.98. The minimum Gasteiger partial charge on any atom is -0.508 e. The summed E-state index contributed by atoms with van der Waals surface area (Å²) < 4.78 is 0. The molecule has 0 heterocycles. The molecule has 1 rings (SSSR count). The molecule has 0 unspecified atom stereocenters. The molecule has 11 heavy (non-hydrogen) atoms. The number of benzene rings is 1. The van der Waals surface area contributed by atoms with Gasteiger partial charge in [0, 0.05) is 0 Å². The molecule has 2 nitrogen and oxygen atoms in total. The van der Waals surface area contributed by atoms with Crippen molar-refractivity contribution in [1.82, 2.24) is 0 Å². The normalized spacial score (nSPS) is 9.91. The molecule has 1 aromatic carbocycles. The standard InChI is InChI=1S/C9H13NO/c10-6-2-4-8-3-1-5-9(11)7-8/h1,3,5,7,11H,2,4,6,10H2. The van der Waals surface area contributed by atoms with E-state index < -0.39 is 0 Å². The van der Waals surface area contributed by atoms with E-state index in [0.29, 0.717) is 12.3 Å². The molecule has 0 aromatic heterocycles. The summed E-state index contributed by atoms with van der Waals surface area (Å²) in [6, 6.07) is 7.29. The van der Waals surface area contributed by atoms with Crippen LogP contribution in [-0.2, 0) is 6.42 Å². The predicted octanol–water partition coefficient (Wildman–Crippen LogP) is 1.28. The van der Waals surface area contributed by atoms with Gasteiger partial charge in [-0.05, 0) is 37.1 Å². The van der Waals surface area contributed by atoms with Crippen LogP contribution in [0.1, 0.15) is 12.0 Å². The Morgan fingerprint density at radius 1 is 1.36 bits per heavy atom. The van der Waals surface area contributed by atoms with Gasteiger partial charge in [0.15, 0.2) is 0 Å². The first-order valence-electron chi connectivity index (χ1n) is 3.81. The van der Waals surface area contributed by atoms with Gasteiger partial charge >= 0.3 is 0 Å². The van der Waals surface area contributed by atoms with Crippen LogP contribution in [0.4, 0.5) is 0 Å². The quantitative estimate of drug-likeness (QED) is 0.683. The van der Waals surface area contributed by atoms with Crippen molar-refractivity contribution in [2.24, 2.45) is 5.73 Å². The van der Waals surface area contributed by atoms with E-state index >= 15 is 0 Å². The lowest BCUT2D eigenvalue weighted by Crippen LogP contribution is -1.99. The minimum atomic E-state index is 0.333. The van der Waals surface area contributed by atoms with Crippen LogP contribution in [0.2, 0.25) is 0 Å². The van der Waals surface area contributed by atoms with E-state index in [2.05, 4.69) is 0 Å². The van der Waals surface area contributed by atoms with Crippen molar-refractivity contribution in [3.05, 3.63) is 29.8 Å². The minimum absolute atomic E-state index is 0.333. The molecule has 1 aromatic rings. The topological polar surface area (TPSA) is 46.2 Å². The number of phenolic OH excluding ortho intramolecular Hbond substituents is 1. The van der Waals surface area contributed by atoms with Gasteiger partial charge in [-0.25, -0.2) is 0 Å². The van der Waals surface area contributed by atoms with Crippen LogP contribution >= 0.6 is 0 Å². The Bertz CT molecular complexity index is 223. The molecule has 0 spiro atoms. The predicted molar refractivity (Wildman–Crippen MR) is 45.5 cm³/mol. The Labute approximate surface area is 66.7 Å². The van der Waals surface area contributed by atoms with E-state index in [1.807, 2.05) is 12.1 Å². The van der Waals surface area contributed by atoms with Crippen molar-refractivity contribution < 1.29 is 5.11 Å². The van der Waals surface area contributed by atoms with Gasteiger partial charge in [-0.15, -0.1) is 0 Å². The third-order valence-electron chi connectivity index (χ3n) is 1.58. The number of aryl methyl sites for hydroxylation is 1. The smallest absolute Gasteiger partial charge is 0.115 e. The van der Waals surface area contributed by atoms with Gasteiger partial charge in [-0.1, -0.05) is 12.1 Å². The molecule has 0 aliphatic rings. The molecule has 0 aliphatic carbocycles.